The van der Waals surface area contributed by atoms with Crippen LogP contribution in [0.3, 0.4) is 0 Å². The Hall–Kier alpha value is -3.83. The molecule has 2 aliphatic rings. The number of benzene rings is 2. The molecular weight excluding hydrogens is 564 g/mol. The molecule has 11 nitrogen and oxygen atoms in total. The van der Waals surface area contributed by atoms with Crippen molar-refractivity contribution in [3.05, 3.63) is 41.5 Å². The first-order valence-electron chi connectivity index (χ1n) is 15.2. The van der Waals surface area contributed by atoms with Crippen molar-refractivity contribution in [1.29, 1.82) is 0 Å². The molecule has 1 amide bonds. The zero-order valence-corrected chi connectivity index (χ0v) is 26.9. The fourth-order valence-corrected chi connectivity index (χ4v) is 5.95. The van der Waals surface area contributed by atoms with Gasteiger partial charge in [-0.3, -0.25) is 24.2 Å². The molecule has 0 aromatic heterocycles. The topological polar surface area (TPSA) is 101 Å². The van der Waals surface area contributed by atoms with Gasteiger partial charge in [0.1, 0.15) is 0 Å². The van der Waals surface area contributed by atoms with E-state index in [0.717, 1.165) is 24.2 Å². The van der Waals surface area contributed by atoms with Gasteiger partial charge in [0.25, 0.3) is 0 Å². The van der Waals surface area contributed by atoms with Crippen molar-refractivity contribution in [1.82, 2.24) is 14.7 Å². The Balaban J connectivity index is 1.55. The van der Waals surface area contributed by atoms with Crippen molar-refractivity contribution in [3.8, 4) is 23.0 Å². The number of hydrogen-bond acceptors (Lipinski definition) is 10. The van der Waals surface area contributed by atoms with E-state index < -0.39 is 11.9 Å². The smallest absolute Gasteiger partial charge is 0.325 e. The summed E-state index contributed by atoms with van der Waals surface area (Å²) in [5.74, 6) is 0.341. The summed E-state index contributed by atoms with van der Waals surface area (Å²) in [5.41, 5.74) is 2.67. The summed E-state index contributed by atoms with van der Waals surface area (Å²) < 4.78 is 23.2. The van der Waals surface area contributed by atoms with Crippen molar-refractivity contribution in [2.24, 2.45) is 5.92 Å². The van der Waals surface area contributed by atoms with Crippen LogP contribution >= 0.6 is 0 Å². The average Bonchev–Trinajstić information content (AvgIpc) is 3.20. The quantitative estimate of drug-likeness (QED) is 0.215. The van der Waals surface area contributed by atoms with Gasteiger partial charge in [-0.05, 0) is 71.9 Å². The van der Waals surface area contributed by atoms with E-state index in [2.05, 4.69) is 17.0 Å². The SMILES string of the molecule is COc1c(OC(=O)CN(C)C)c2c(c(OC(=O)CN(C)C)c1OC)CCC(CC(=O)N1CCN(c3ccccc3)CC1)CC2. The average molecular weight is 611 g/mol. The number of methoxy groups -OCH3 is 2. The van der Waals surface area contributed by atoms with Crippen LogP contribution in [0.15, 0.2) is 30.3 Å². The molecule has 1 aliphatic heterocycles. The highest BCUT2D eigenvalue weighted by Crippen LogP contribution is 2.52. The third-order valence-corrected chi connectivity index (χ3v) is 8.08. The number of rotatable bonds is 11. The van der Waals surface area contributed by atoms with Crippen molar-refractivity contribution in [2.45, 2.75) is 32.1 Å². The Bertz CT molecular complexity index is 1240. The summed E-state index contributed by atoms with van der Waals surface area (Å²) in [6, 6.07) is 10.3. The van der Waals surface area contributed by atoms with E-state index in [1.165, 1.54) is 19.9 Å². The first kappa shape index (κ1) is 33.1. The number of likely N-dealkylation sites (N-methyl/N-ethyl adjacent to an activating group) is 2. The molecule has 11 heteroatoms. The molecule has 44 heavy (non-hydrogen) atoms. The minimum atomic E-state index is -0.444. The van der Waals surface area contributed by atoms with E-state index in [1.807, 2.05) is 23.1 Å². The second kappa shape index (κ2) is 15.3. The van der Waals surface area contributed by atoms with E-state index in [-0.39, 0.29) is 47.9 Å². The standard InChI is InChI=1S/C33H46N4O7/c1-34(2)21-28(39)43-30-25-14-12-23(20-27(38)37-18-16-36(17-19-37)24-10-8-7-9-11-24)13-15-26(25)31(33(42-6)32(30)41-5)44-29(40)22-35(3)4/h7-11,23H,12-22H2,1-6H3. The largest absolute Gasteiger partial charge is 0.490 e. The lowest BCUT2D eigenvalue weighted by atomic mass is 9.95. The number of carbonyl (C=O) groups excluding carboxylic acids is 3. The molecule has 1 heterocycles. The predicted molar refractivity (Wildman–Crippen MR) is 168 cm³/mol. The molecule has 0 N–H and O–H groups in total. The summed E-state index contributed by atoms with van der Waals surface area (Å²) in [6.45, 7) is 3.13. The Labute approximate surface area is 260 Å². The first-order chi connectivity index (χ1) is 21.1. The fraction of sp³-hybridized carbons (Fsp3) is 0.545. The van der Waals surface area contributed by atoms with Crippen LogP contribution in [0.5, 0.6) is 23.0 Å². The lowest BCUT2D eigenvalue weighted by Crippen LogP contribution is -2.49. The number of carbonyl (C=O) groups is 3. The summed E-state index contributed by atoms with van der Waals surface area (Å²) >= 11 is 0. The molecule has 2 aromatic rings. The highest BCUT2D eigenvalue weighted by molar-refractivity contribution is 5.81. The van der Waals surface area contributed by atoms with E-state index in [9.17, 15) is 14.4 Å². The van der Waals surface area contributed by atoms with E-state index >= 15 is 0 Å². The molecule has 1 aliphatic carbocycles. The first-order valence-corrected chi connectivity index (χ1v) is 15.2. The summed E-state index contributed by atoms with van der Waals surface area (Å²) in [5, 5.41) is 0. The third kappa shape index (κ3) is 8.21. The molecule has 4 rings (SSSR count). The van der Waals surface area contributed by atoms with Gasteiger partial charge in [0.15, 0.2) is 11.5 Å². The van der Waals surface area contributed by atoms with Gasteiger partial charge in [-0.15, -0.1) is 0 Å². The lowest BCUT2D eigenvalue weighted by molar-refractivity contribution is -0.136. The fourth-order valence-electron chi connectivity index (χ4n) is 5.95. The number of amides is 1. The van der Waals surface area contributed by atoms with Crippen molar-refractivity contribution in [2.75, 3.05) is 86.6 Å². The normalized spacial score (nSPS) is 15.5. The lowest BCUT2D eigenvalue weighted by Gasteiger charge is -2.36. The maximum atomic E-state index is 13.4. The Kier molecular flexibility index (Phi) is 11.5. The van der Waals surface area contributed by atoms with Crippen LogP contribution in [0.1, 0.15) is 30.4 Å². The summed E-state index contributed by atoms with van der Waals surface area (Å²) in [7, 11) is 10.1. The number of nitrogens with zero attached hydrogens (tertiary/aromatic N) is 4. The summed E-state index contributed by atoms with van der Waals surface area (Å²) in [4.78, 5) is 46.9. The molecule has 0 radical (unpaired) electrons. The number of fused-ring (bicyclic) bond motifs is 1. The van der Waals surface area contributed by atoms with Gasteiger partial charge in [0.05, 0.1) is 27.3 Å². The van der Waals surface area contributed by atoms with Gasteiger partial charge >= 0.3 is 11.9 Å². The Morgan fingerprint density at radius 2 is 1.20 bits per heavy atom. The minimum Gasteiger partial charge on any atom is -0.490 e. The monoisotopic (exact) mass is 610 g/mol. The van der Waals surface area contributed by atoms with Crippen LogP contribution in [0, 0.1) is 5.92 Å². The van der Waals surface area contributed by atoms with Crippen LogP contribution in [0.25, 0.3) is 0 Å². The van der Waals surface area contributed by atoms with Crippen LogP contribution in [0.4, 0.5) is 5.69 Å². The van der Waals surface area contributed by atoms with Gasteiger partial charge in [0, 0.05) is 49.4 Å². The number of esters is 2. The molecule has 0 atom stereocenters. The van der Waals surface area contributed by atoms with E-state index in [4.69, 9.17) is 18.9 Å². The Morgan fingerprint density at radius 1 is 0.727 bits per heavy atom. The van der Waals surface area contributed by atoms with E-state index in [0.29, 0.717) is 45.2 Å². The van der Waals surface area contributed by atoms with Gasteiger partial charge < -0.3 is 28.7 Å². The number of ether oxygens (including phenoxy) is 4. The van der Waals surface area contributed by atoms with Gasteiger partial charge in [0.2, 0.25) is 17.4 Å². The molecule has 1 fully saturated rings. The second-order valence-corrected chi connectivity index (χ2v) is 12.0. The molecule has 1 saturated heterocycles. The highest BCUT2D eigenvalue weighted by Gasteiger charge is 2.34. The molecule has 2 aromatic carbocycles. The molecule has 240 valence electrons. The number of anilines is 1. The van der Waals surface area contributed by atoms with Crippen LogP contribution < -0.4 is 23.8 Å². The Morgan fingerprint density at radius 3 is 1.64 bits per heavy atom. The van der Waals surface area contributed by atoms with Gasteiger partial charge in [-0.25, -0.2) is 0 Å². The zero-order valence-electron chi connectivity index (χ0n) is 26.9. The van der Waals surface area contributed by atoms with Crippen LogP contribution in [0.2, 0.25) is 0 Å². The molecule has 0 saturated carbocycles. The maximum absolute atomic E-state index is 13.4. The summed E-state index contributed by atoms with van der Waals surface area (Å²) in [6.07, 6.45) is 2.90. The van der Waals surface area contributed by atoms with Crippen molar-refractivity contribution < 1.29 is 33.3 Å². The van der Waals surface area contributed by atoms with E-state index in [1.54, 1.807) is 38.0 Å². The van der Waals surface area contributed by atoms with Crippen molar-refractivity contribution in [3.63, 3.8) is 0 Å². The van der Waals surface area contributed by atoms with Crippen molar-refractivity contribution >= 4 is 23.5 Å². The zero-order chi connectivity index (χ0) is 31.8. The molecular formula is C33H46N4O7. The number of hydrogen-bond donors (Lipinski definition) is 0. The van der Waals surface area contributed by atoms with Gasteiger partial charge in [-0.2, -0.15) is 0 Å². The second-order valence-electron chi connectivity index (χ2n) is 12.0. The molecule has 0 unspecified atom stereocenters. The maximum Gasteiger partial charge on any atom is 0.325 e. The van der Waals surface area contributed by atoms with Gasteiger partial charge in [-0.1, -0.05) is 18.2 Å². The molecule has 0 bridgehead atoms. The number of piperazine rings is 1. The van der Waals surface area contributed by atoms with Crippen LogP contribution in [-0.4, -0.2) is 114 Å². The molecule has 0 spiro atoms. The number of para-hydroxylation sites is 1. The predicted octanol–water partition coefficient (Wildman–Crippen LogP) is 2.87. The third-order valence-electron chi connectivity index (χ3n) is 8.08. The highest BCUT2D eigenvalue weighted by atomic mass is 16.6. The van der Waals surface area contributed by atoms with Crippen LogP contribution in [-0.2, 0) is 27.2 Å². The minimum absolute atomic E-state index is 0.0779.